The van der Waals surface area contributed by atoms with E-state index in [9.17, 15) is 0 Å². The van der Waals surface area contributed by atoms with Crippen LogP contribution in [0.2, 0.25) is 0 Å². The highest BCUT2D eigenvalue weighted by atomic mass is 35.5. The Morgan fingerprint density at radius 2 is 1.96 bits per heavy atom. The molecule has 2 atom stereocenters. The second-order valence-corrected chi connectivity index (χ2v) is 6.01. The lowest BCUT2D eigenvalue weighted by molar-refractivity contribution is 0.0196. The number of para-hydroxylation sites is 2. The van der Waals surface area contributed by atoms with Crippen LogP contribution in [0.1, 0.15) is 0 Å². The molecule has 6 nitrogen and oxygen atoms in total. The predicted octanol–water partition coefficient (Wildman–Crippen LogP) is 2.35. The van der Waals surface area contributed by atoms with Gasteiger partial charge in [0.2, 0.25) is 0 Å². The molecule has 0 aliphatic carbocycles. The smallest absolute Gasteiger partial charge is 0.270 e. The summed E-state index contributed by atoms with van der Waals surface area (Å²) in [4.78, 5) is 10.8. The third kappa shape index (κ3) is 3.61. The molecule has 2 unspecified atom stereocenters. The van der Waals surface area contributed by atoms with E-state index in [4.69, 9.17) is 37.4 Å². The third-order valence-electron chi connectivity index (χ3n) is 3.58. The van der Waals surface area contributed by atoms with Crippen molar-refractivity contribution in [3.8, 4) is 11.5 Å². The Morgan fingerprint density at radius 3 is 2.61 bits per heavy atom. The Balaban J connectivity index is 1.76. The number of alkyl halides is 1. The third-order valence-corrected chi connectivity index (χ3v) is 4.41. The SMILES string of the molecule is COc1ccccc1OC1(Cl)C=NC(N2CCOCC2)N=C1Cl. The molecular formula is C15H17Cl2N3O3. The van der Waals surface area contributed by atoms with E-state index in [2.05, 4.69) is 14.9 Å². The summed E-state index contributed by atoms with van der Waals surface area (Å²) < 4.78 is 16.4. The topological polar surface area (TPSA) is 55.7 Å². The fraction of sp³-hybridized carbons (Fsp3) is 0.467. The summed E-state index contributed by atoms with van der Waals surface area (Å²) in [5.74, 6) is 1.02. The molecule has 0 saturated carbocycles. The first-order valence-electron chi connectivity index (χ1n) is 7.23. The van der Waals surface area contributed by atoms with Crippen LogP contribution in [0.3, 0.4) is 0 Å². The Hall–Kier alpha value is -1.34. The lowest BCUT2D eigenvalue weighted by Gasteiger charge is -2.34. The van der Waals surface area contributed by atoms with Gasteiger partial charge in [-0.05, 0) is 12.1 Å². The number of morpholine rings is 1. The molecule has 2 aliphatic rings. The number of ether oxygens (including phenoxy) is 3. The van der Waals surface area contributed by atoms with Gasteiger partial charge in [-0.1, -0.05) is 35.3 Å². The van der Waals surface area contributed by atoms with Crippen LogP contribution in [-0.2, 0) is 4.74 Å². The molecule has 23 heavy (non-hydrogen) atoms. The highest BCUT2D eigenvalue weighted by molar-refractivity contribution is 6.75. The summed E-state index contributed by atoms with van der Waals surface area (Å²) in [6, 6.07) is 7.18. The van der Waals surface area contributed by atoms with E-state index in [1.54, 1.807) is 19.2 Å². The van der Waals surface area contributed by atoms with E-state index in [-0.39, 0.29) is 11.5 Å². The molecule has 1 aromatic carbocycles. The van der Waals surface area contributed by atoms with Gasteiger partial charge in [-0.15, -0.1) is 0 Å². The normalized spacial score (nSPS) is 28.3. The van der Waals surface area contributed by atoms with Gasteiger partial charge in [0.1, 0.15) is 0 Å². The van der Waals surface area contributed by atoms with E-state index < -0.39 is 5.06 Å². The molecule has 2 aliphatic heterocycles. The first kappa shape index (κ1) is 16.5. The Bertz CT molecular complexity index is 620. The molecule has 0 radical (unpaired) electrons. The van der Waals surface area contributed by atoms with Crippen LogP contribution < -0.4 is 9.47 Å². The molecule has 8 heteroatoms. The van der Waals surface area contributed by atoms with Gasteiger partial charge >= 0.3 is 0 Å². The van der Waals surface area contributed by atoms with Crippen molar-refractivity contribution in [2.24, 2.45) is 9.98 Å². The minimum Gasteiger partial charge on any atom is -0.493 e. The molecule has 1 fully saturated rings. The van der Waals surface area contributed by atoms with E-state index in [1.807, 2.05) is 12.1 Å². The highest BCUT2D eigenvalue weighted by Gasteiger charge is 2.39. The largest absolute Gasteiger partial charge is 0.493 e. The van der Waals surface area contributed by atoms with Crippen LogP contribution in [0.15, 0.2) is 34.3 Å². The first-order chi connectivity index (χ1) is 11.1. The van der Waals surface area contributed by atoms with Crippen LogP contribution in [0.4, 0.5) is 0 Å². The Labute approximate surface area is 144 Å². The van der Waals surface area contributed by atoms with Gasteiger partial charge in [0, 0.05) is 13.1 Å². The minimum atomic E-state index is -1.43. The Morgan fingerprint density at radius 1 is 1.26 bits per heavy atom. The molecule has 0 spiro atoms. The van der Waals surface area contributed by atoms with E-state index in [0.29, 0.717) is 24.7 Å². The molecule has 2 heterocycles. The maximum atomic E-state index is 6.46. The Kier molecular flexibility index (Phi) is 5.06. The monoisotopic (exact) mass is 357 g/mol. The molecule has 0 aromatic heterocycles. The van der Waals surface area contributed by atoms with Gasteiger partial charge in [0.25, 0.3) is 5.06 Å². The van der Waals surface area contributed by atoms with Crippen LogP contribution in [-0.4, -0.2) is 61.0 Å². The quantitative estimate of drug-likeness (QED) is 0.776. The lowest BCUT2D eigenvalue weighted by Crippen LogP contribution is -2.48. The zero-order valence-electron chi connectivity index (χ0n) is 12.6. The maximum absolute atomic E-state index is 6.46. The van der Waals surface area contributed by atoms with Crippen molar-refractivity contribution >= 4 is 34.6 Å². The van der Waals surface area contributed by atoms with Gasteiger partial charge in [-0.25, -0.2) is 9.98 Å². The van der Waals surface area contributed by atoms with Gasteiger partial charge in [-0.2, -0.15) is 0 Å². The first-order valence-corrected chi connectivity index (χ1v) is 7.99. The van der Waals surface area contributed by atoms with Crippen molar-refractivity contribution in [3.63, 3.8) is 0 Å². The standard InChI is InChI=1S/C15H17Cl2N3O3/c1-21-11-4-2-3-5-12(11)23-15(17)10-18-14(19-13(15)16)20-6-8-22-9-7-20/h2-5,10,14H,6-9H2,1H3. The van der Waals surface area contributed by atoms with E-state index in [1.165, 1.54) is 6.21 Å². The fourth-order valence-corrected chi connectivity index (χ4v) is 2.72. The van der Waals surface area contributed by atoms with Gasteiger partial charge in [-0.3, -0.25) is 4.90 Å². The summed E-state index contributed by atoms with van der Waals surface area (Å²) >= 11 is 12.7. The summed E-state index contributed by atoms with van der Waals surface area (Å²) in [5.41, 5.74) is 0. The second-order valence-electron chi connectivity index (χ2n) is 5.09. The number of aliphatic imine (C=N–C) groups is 2. The number of benzene rings is 1. The van der Waals surface area contributed by atoms with E-state index in [0.717, 1.165) is 13.1 Å². The number of nitrogens with zero attached hydrogens (tertiary/aromatic N) is 3. The van der Waals surface area contributed by atoms with Crippen molar-refractivity contribution in [1.82, 2.24) is 4.90 Å². The van der Waals surface area contributed by atoms with E-state index >= 15 is 0 Å². The van der Waals surface area contributed by atoms with Gasteiger partial charge in [0.05, 0.1) is 26.5 Å². The maximum Gasteiger partial charge on any atom is 0.270 e. The molecule has 0 bridgehead atoms. The second kappa shape index (κ2) is 7.05. The van der Waals surface area contributed by atoms with Crippen LogP contribution in [0.25, 0.3) is 0 Å². The van der Waals surface area contributed by atoms with Crippen molar-refractivity contribution in [2.75, 3.05) is 33.4 Å². The van der Waals surface area contributed by atoms with Crippen LogP contribution in [0.5, 0.6) is 11.5 Å². The summed E-state index contributed by atoms with van der Waals surface area (Å²) in [5, 5.41) is -1.30. The molecule has 0 amide bonds. The van der Waals surface area contributed by atoms with Crippen molar-refractivity contribution in [1.29, 1.82) is 0 Å². The average molecular weight is 358 g/mol. The average Bonchev–Trinajstić information content (AvgIpc) is 2.59. The molecule has 3 rings (SSSR count). The zero-order chi connectivity index (χ0) is 16.3. The molecule has 1 saturated heterocycles. The van der Waals surface area contributed by atoms with Crippen LogP contribution in [0, 0.1) is 0 Å². The number of hydrogen-bond donors (Lipinski definition) is 0. The number of methoxy groups -OCH3 is 1. The molecule has 0 N–H and O–H groups in total. The lowest BCUT2D eigenvalue weighted by atomic mass is 10.3. The van der Waals surface area contributed by atoms with Crippen molar-refractivity contribution in [2.45, 2.75) is 11.3 Å². The zero-order valence-corrected chi connectivity index (χ0v) is 14.1. The van der Waals surface area contributed by atoms with Gasteiger partial charge in [0.15, 0.2) is 23.0 Å². The predicted molar refractivity (Wildman–Crippen MR) is 90.2 cm³/mol. The minimum absolute atomic E-state index is 0.136. The van der Waals surface area contributed by atoms with Gasteiger partial charge < -0.3 is 14.2 Å². The molecule has 124 valence electrons. The number of halogens is 2. The van der Waals surface area contributed by atoms with Crippen molar-refractivity contribution in [3.05, 3.63) is 24.3 Å². The highest BCUT2D eigenvalue weighted by Crippen LogP contribution is 2.33. The number of rotatable bonds is 4. The molecular weight excluding hydrogens is 341 g/mol. The van der Waals surface area contributed by atoms with Crippen molar-refractivity contribution < 1.29 is 14.2 Å². The molecule has 1 aromatic rings. The summed E-state index contributed by atoms with van der Waals surface area (Å²) in [7, 11) is 1.56. The fourth-order valence-electron chi connectivity index (χ4n) is 2.35. The van der Waals surface area contributed by atoms with Crippen LogP contribution >= 0.6 is 23.2 Å². The summed E-state index contributed by atoms with van der Waals surface area (Å²) in [6.07, 6.45) is 1.09. The number of hydrogen-bond acceptors (Lipinski definition) is 6. The summed E-state index contributed by atoms with van der Waals surface area (Å²) in [6.45, 7) is 2.81.